The number of benzene rings is 6. The third-order valence-corrected chi connectivity index (χ3v) is 20.0. The summed E-state index contributed by atoms with van der Waals surface area (Å²) in [7, 11) is 3.83. The van der Waals surface area contributed by atoms with E-state index in [9.17, 15) is 28.8 Å². The number of anilines is 10. The summed E-state index contributed by atoms with van der Waals surface area (Å²) in [5.74, 6) is 10.9. The third kappa shape index (κ3) is 32.1. The highest BCUT2D eigenvalue weighted by Gasteiger charge is 2.18. The molecule has 34 heteroatoms. The highest BCUT2D eigenvalue weighted by Crippen LogP contribution is 2.30. The van der Waals surface area contributed by atoms with Crippen LogP contribution in [0.4, 0.5) is 57.4 Å². The van der Waals surface area contributed by atoms with Gasteiger partial charge in [-0.1, -0.05) is 89.0 Å². The Labute approximate surface area is 834 Å². The molecule has 0 aliphatic carbocycles. The van der Waals surface area contributed by atoms with Crippen molar-refractivity contribution in [2.45, 2.75) is 34.6 Å². The van der Waals surface area contributed by atoms with Crippen LogP contribution in [0.3, 0.4) is 0 Å². The van der Waals surface area contributed by atoms with Gasteiger partial charge in [0, 0.05) is 160 Å². The molecule has 0 atom stereocenters. The average molecular weight is 1920 g/mol. The van der Waals surface area contributed by atoms with Crippen molar-refractivity contribution >= 4 is 92.8 Å². The minimum Gasteiger partial charge on any atom is -0.437 e. The van der Waals surface area contributed by atoms with Gasteiger partial charge in [0.25, 0.3) is 35.4 Å². The van der Waals surface area contributed by atoms with Crippen molar-refractivity contribution in [3.8, 4) is 83.5 Å². The molecule has 714 valence electrons. The molecule has 0 saturated heterocycles. The number of rotatable bonds is 24. The fraction of sp³-hybridized carbons (Fsp3) is 0.0631. The first-order valence-corrected chi connectivity index (χ1v) is 44.1. The van der Waals surface area contributed by atoms with Gasteiger partial charge < -0.3 is 60.6 Å². The number of ether oxygens (including phenoxy) is 4. The summed E-state index contributed by atoms with van der Waals surface area (Å²) in [5.41, 5.74) is 14.7. The maximum Gasteiger partial charge on any atom is 0.256 e. The minimum atomic E-state index is -0.333. The second-order valence-corrected chi connectivity index (χ2v) is 30.9. The van der Waals surface area contributed by atoms with E-state index in [1.54, 1.807) is 220 Å². The number of carbonyl (C=O) groups is 6. The summed E-state index contributed by atoms with van der Waals surface area (Å²) >= 11 is 0. The first kappa shape index (κ1) is 102. The van der Waals surface area contributed by atoms with Gasteiger partial charge in [0.2, 0.25) is 23.5 Å². The van der Waals surface area contributed by atoms with Crippen LogP contribution >= 0.6 is 0 Å². The van der Waals surface area contributed by atoms with Gasteiger partial charge in [-0.05, 0) is 198 Å². The van der Waals surface area contributed by atoms with E-state index in [-0.39, 0.29) is 53.0 Å². The van der Waals surface area contributed by atoms with Crippen LogP contribution in [-0.4, -0.2) is 129 Å². The monoisotopic (exact) mass is 1920 g/mol. The van der Waals surface area contributed by atoms with Gasteiger partial charge in [0.15, 0.2) is 17.4 Å². The standard InChI is InChI=1S/C19H15N5O.C19H14N4O2.C19H18N4O.C18H16N4O2.C18H12N4O2.C18H15N3O2/c1-3-14-5-4-6-15(9-14)19(25)23-18-10-16(7-8-22-18)24(2)17-11-20-13-21-12-17;1-3-14-5-4-6-15(9-14)19(24)23-17-11-20-12-18(22-17)25-16-8-7-13(2)21-10-16;1-14-5-3-6-15(11-14)19(24)22-18-12-16(8-10-21-18)23(2)17-7-4-9-20-13-17;1-12-4-3-5-14(8-12)18(23)22-16-10-19-11-17(21-16)24-15-7-6-13(2)20-9-15;1-2-13-4-3-5-14(8-13)18(23)22-15-6-7-21-17(9-15)24-16-10-19-12-20-11-16;1-13-4-2-5-14(10-13)18(22)21-15-7-9-20-17(11-15)23-16-6-3-8-19-12-16/h1,4-13H,2H3,(H,22,23,25);1,4-12H,2H3,(H,22,23,24);3-13H,1-2H3,(H,21,22,24);3-11H,1-2H3,(H,21,22,23);1,3-12H,(H,21,22,23);2-12H,1H3,(H,20,21,22). The molecule has 0 radical (unpaired) electrons. The Morgan fingerprint density at radius 2 is 0.607 bits per heavy atom. The first-order chi connectivity index (χ1) is 70.5. The number of hydrogen-bond acceptors (Lipinski definition) is 28. The van der Waals surface area contributed by atoms with Crippen LogP contribution in [-0.2, 0) is 0 Å². The van der Waals surface area contributed by atoms with E-state index in [1.807, 2.05) is 150 Å². The number of amides is 6. The van der Waals surface area contributed by atoms with Crippen molar-refractivity contribution in [1.29, 1.82) is 0 Å². The number of carbonyl (C=O) groups excluding carboxylic acids is 6. The number of pyridine rings is 8. The van der Waals surface area contributed by atoms with Crippen LogP contribution in [0, 0.1) is 71.7 Å². The number of nitrogens with one attached hydrogen (secondary N) is 6. The van der Waals surface area contributed by atoms with Crippen molar-refractivity contribution < 1.29 is 47.7 Å². The normalized spacial score (nSPS) is 10.0. The van der Waals surface area contributed by atoms with Gasteiger partial charge >= 0.3 is 0 Å². The van der Waals surface area contributed by atoms with Gasteiger partial charge in [-0.2, -0.15) is 9.97 Å². The Balaban J connectivity index is 0.000000146. The largest absolute Gasteiger partial charge is 0.437 e. The lowest BCUT2D eigenvalue weighted by atomic mass is 10.1. The van der Waals surface area contributed by atoms with Crippen molar-refractivity contribution in [3.05, 3.63) is 445 Å². The summed E-state index contributed by atoms with van der Waals surface area (Å²) in [6.45, 7) is 9.61. The van der Waals surface area contributed by atoms with Crippen molar-refractivity contribution in [2.24, 2.45) is 0 Å². The zero-order valence-electron chi connectivity index (χ0n) is 79.0. The van der Waals surface area contributed by atoms with Crippen LogP contribution in [0.15, 0.2) is 367 Å². The van der Waals surface area contributed by atoms with E-state index >= 15 is 0 Å². The Morgan fingerprint density at radius 1 is 0.262 bits per heavy atom. The van der Waals surface area contributed by atoms with Gasteiger partial charge in [-0.3, -0.25) is 58.7 Å². The summed E-state index contributed by atoms with van der Waals surface area (Å²) in [4.78, 5) is 143. The molecular weight excluding hydrogens is 1830 g/mol. The quantitative estimate of drug-likeness (QED) is 0.0306. The second-order valence-electron chi connectivity index (χ2n) is 30.9. The van der Waals surface area contributed by atoms with E-state index < -0.39 is 0 Å². The van der Waals surface area contributed by atoms with Gasteiger partial charge in [-0.15, -0.1) is 19.3 Å². The molecule has 0 aliphatic rings. The molecule has 0 bridgehead atoms. The second kappa shape index (κ2) is 51.9. The molecule has 12 aromatic heterocycles. The smallest absolute Gasteiger partial charge is 0.256 e. The molecule has 12 heterocycles. The van der Waals surface area contributed by atoms with Crippen molar-refractivity contribution in [2.75, 3.05) is 55.8 Å². The molecule has 0 fully saturated rings. The molecule has 0 saturated carbocycles. The molecule has 6 amide bonds. The lowest BCUT2D eigenvalue weighted by Gasteiger charge is -2.19. The predicted octanol–water partition coefficient (Wildman–Crippen LogP) is 20.1. The minimum absolute atomic E-state index is 0.174. The van der Waals surface area contributed by atoms with E-state index in [1.165, 1.54) is 56.0 Å². The van der Waals surface area contributed by atoms with Gasteiger partial charge in [-0.25, -0.2) is 39.9 Å². The number of aromatic nitrogens is 16. The summed E-state index contributed by atoms with van der Waals surface area (Å²) < 4.78 is 22.3. The Bertz CT molecular complexity index is 7640. The Kier molecular flexibility index (Phi) is 36.4. The van der Waals surface area contributed by atoms with Gasteiger partial charge in [0.05, 0.1) is 85.7 Å². The first-order valence-electron chi connectivity index (χ1n) is 44.1. The van der Waals surface area contributed by atoms with Crippen LogP contribution in [0.25, 0.3) is 0 Å². The fourth-order valence-corrected chi connectivity index (χ4v) is 12.7. The fourth-order valence-electron chi connectivity index (χ4n) is 12.7. The lowest BCUT2D eigenvalue weighted by Crippen LogP contribution is -2.15. The third-order valence-electron chi connectivity index (χ3n) is 20.0. The molecule has 0 aliphatic heterocycles. The predicted molar refractivity (Wildman–Crippen MR) is 552 cm³/mol. The Morgan fingerprint density at radius 3 is 0.993 bits per heavy atom. The lowest BCUT2D eigenvalue weighted by molar-refractivity contribution is 0.101. The molecule has 18 rings (SSSR count). The van der Waals surface area contributed by atoms with E-state index in [0.717, 1.165) is 50.8 Å². The molecule has 0 unspecified atom stereocenters. The number of aryl methyl sites for hydroxylation is 5. The molecular formula is C111H90N24O10. The highest BCUT2D eigenvalue weighted by molar-refractivity contribution is 6.07. The van der Waals surface area contributed by atoms with E-state index in [0.29, 0.717) is 114 Å². The van der Waals surface area contributed by atoms with Crippen LogP contribution in [0.2, 0.25) is 0 Å². The van der Waals surface area contributed by atoms with Crippen LogP contribution in [0.1, 0.15) is 107 Å². The molecule has 18 aromatic rings. The molecule has 6 N–H and O–H groups in total. The number of terminal acetylenes is 3. The molecule has 34 nitrogen and oxygen atoms in total. The van der Waals surface area contributed by atoms with Crippen LogP contribution in [0.5, 0.6) is 46.5 Å². The van der Waals surface area contributed by atoms with Crippen molar-refractivity contribution in [1.82, 2.24) is 79.7 Å². The Hall–Kier alpha value is -20.9. The number of nitrogens with zero attached hydrogens (tertiary/aromatic N) is 18. The SMILES string of the molecule is C#Cc1cccc(C(=O)Nc2cc(N(C)c3cncnc3)ccn2)c1.C#Cc1cccc(C(=O)Nc2ccnc(Oc3cncnc3)c2)c1.C#Cc1cccc(C(=O)Nc2cncc(Oc3ccc(C)nc3)n2)c1.Cc1cccc(C(=O)Nc2cc(N(C)c3cccnc3)ccn2)c1.Cc1cccc(C(=O)Nc2ccnc(Oc3cccnc3)c2)c1.Cc1cccc(C(=O)Nc2cncc(Oc3ccc(C)nc3)n2)c1. The molecule has 145 heavy (non-hydrogen) atoms. The summed E-state index contributed by atoms with van der Waals surface area (Å²) in [6, 6.07) is 71.3. The number of hydrogen-bond donors (Lipinski definition) is 6. The summed E-state index contributed by atoms with van der Waals surface area (Å²) in [5, 5.41) is 16.6. The average Bonchev–Trinajstić information content (AvgIpc) is 0.837. The summed E-state index contributed by atoms with van der Waals surface area (Å²) in [6.07, 6.45) is 47.6. The molecule has 0 spiro atoms. The highest BCUT2D eigenvalue weighted by atomic mass is 16.5. The van der Waals surface area contributed by atoms with Crippen LogP contribution < -0.4 is 60.6 Å². The molecule has 6 aromatic carbocycles. The topological polar surface area (TPSA) is 424 Å². The maximum atomic E-state index is 12.4. The van der Waals surface area contributed by atoms with Crippen molar-refractivity contribution in [3.63, 3.8) is 0 Å². The maximum absolute atomic E-state index is 12.4. The van der Waals surface area contributed by atoms with Gasteiger partial charge in [0.1, 0.15) is 41.5 Å². The van der Waals surface area contributed by atoms with E-state index in [4.69, 9.17) is 38.2 Å². The zero-order chi connectivity index (χ0) is 102. The van der Waals surface area contributed by atoms with E-state index in [2.05, 4.69) is 129 Å². The zero-order valence-corrected chi connectivity index (χ0v) is 79.0.